The second-order valence-electron chi connectivity index (χ2n) is 8.79. The number of nitrogens with zero attached hydrogens (tertiary/aromatic N) is 4. The van der Waals surface area contributed by atoms with Crippen LogP contribution in [0.5, 0.6) is 0 Å². The van der Waals surface area contributed by atoms with Crippen molar-refractivity contribution in [3.8, 4) is 21.1 Å². The maximum Gasteiger partial charge on any atom is 0.0985 e. The van der Waals surface area contributed by atoms with E-state index in [-0.39, 0.29) is 0 Å². The molecule has 0 aliphatic heterocycles. The molecule has 0 radical (unpaired) electrons. The third-order valence-electron chi connectivity index (χ3n) is 6.79. The summed E-state index contributed by atoms with van der Waals surface area (Å²) in [4.78, 5) is 19.8. The lowest BCUT2D eigenvalue weighted by Gasteiger charge is -2.09. The highest BCUT2D eigenvalue weighted by atomic mass is 32.1. The van der Waals surface area contributed by atoms with Gasteiger partial charge in [0.2, 0.25) is 0 Å². The molecule has 4 nitrogen and oxygen atoms in total. The number of aromatic nitrogens is 4. The Labute approximate surface area is 213 Å². The largest absolute Gasteiger partial charge is 0.261 e. The molecule has 4 heterocycles. The predicted molar refractivity (Wildman–Crippen MR) is 152 cm³/mol. The molecule has 4 aromatic carbocycles. The summed E-state index contributed by atoms with van der Waals surface area (Å²) in [6, 6.07) is 22.5. The standard InChI is InChI=1S/C30H16N4S2/c1-3-21-19-5-8-24-22(4-2-18-14-28(36-30(18)24)26-16-32-10-12-34-26)20(19)6-7-23(21)29-17(1)13-27(35-29)25-15-31-9-11-33-25/h1-16H. The van der Waals surface area contributed by atoms with E-state index in [0.717, 1.165) is 21.1 Å². The fourth-order valence-electron chi connectivity index (χ4n) is 5.14. The van der Waals surface area contributed by atoms with Gasteiger partial charge in [0.15, 0.2) is 0 Å². The zero-order chi connectivity index (χ0) is 23.6. The fraction of sp³-hybridized carbons (Fsp3) is 0. The molecule has 8 rings (SSSR count). The minimum Gasteiger partial charge on any atom is -0.261 e. The highest BCUT2D eigenvalue weighted by Gasteiger charge is 2.14. The van der Waals surface area contributed by atoms with Crippen LogP contribution in [0.2, 0.25) is 0 Å². The van der Waals surface area contributed by atoms with Crippen LogP contribution in [-0.4, -0.2) is 19.9 Å². The van der Waals surface area contributed by atoms with Gasteiger partial charge in [0.25, 0.3) is 0 Å². The maximum absolute atomic E-state index is 4.50. The van der Waals surface area contributed by atoms with Gasteiger partial charge in [-0.3, -0.25) is 19.9 Å². The Hall–Kier alpha value is -4.26. The Morgan fingerprint density at radius 3 is 1.31 bits per heavy atom. The molecule has 0 saturated heterocycles. The molecule has 0 spiro atoms. The molecule has 8 aromatic rings. The van der Waals surface area contributed by atoms with Crippen LogP contribution in [0, 0.1) is 0 Å². The summed E-state index contributed by atoms with van der Waals surface area (Å²) in [5.41, 5.74) is 1.83. The van der Waals surface area contributed by atoms with Crippen LogP contribution in [0.15, 0.2) is 97.8 Å². The van der Waals surface area contributed by atoms with E-state index in [2.05, 4.69) is 80.6 Å². The van der Waals surface area contributed by atoms with E-state index < -0.39 is 0 Å². The number of benzene rings is 4. The highest BCUT2D eigenvalue weighted by molar-refractivity contribution is 7.23. The molecule has 0 saturated carbocycles. The van der Waals surface area contributed by atoms with E-state index in [4.69, 9.17) is 0 Å². The van der Waals surface area contributed by atoms with Crippen LogP contribution in [0.25, 0.3) is 73.6 Å². The molecule has 0 aliphatic carbocycles. The van der Waals surface area contributed by atoms with E-state index in [1.54, 1.807) is 47.5 Å². The monoisotopic (exact) mass is 496 g/mol. The van der Waals surface area contributed by atoms with Gasteiger partial charge in [-0.1, -0.05) is 48.5 Å². The quantitative estimate of drug-likeness (QED) is 0.225. The van der Waals surface area contributed by atoms with E-state index in [1.807, 2.05) is 12.4 Å². The van der Waals surface area contributed by atoms with Crippen molar-refractivity contribution < 1.29 is 0 Å². The van der Waals surface area contributed by atoms with Gasteiger partial charge in [-0.05, 0) is 44.5 Å². The smallest absolute Gasteiger partial charge is 0.0985 e. The molecular weight excluding hydrogens is 480 g/mol. The van der Waals surface area contributed by atoms with Crippen LogP contribution in [0.1, 0.15) is 0 Å². The molecule has 36 heavy (non-hydrogen) atoms. The van der Waals surface area contributed by atoms with Crippen molar-refractivity contribution in [2.75, 3.05) is 0 Å². The molecule has 0 fully saturated rings. The summed E-state index contributed by atoms with van der Waals surface area (Å²) in [5, 5.41) is 10.2. The molecule has 0 amide bonds. The second kappa shape index (κ2) is 7.62. The first-order chi connectivity index (χ1) is 17.8. The van der Waals surface area contributed by atoms with E-state index >= 15 is 0 Å². The van der Waals surface area contributed by atoms with E-state index in [9.17, 15) is 0 Å². The Kier molecular flexibility index (Phi) is 4.23. The lowest BCUT2D eigenvalue weighted by Crippen LogP contribution is -1.81. The van der Waals surface area contributed by atoms with Crippen LogP contribution >= 0.6 is 22.7 Å². The van der Waals surface area contributed by atoms with Gasteiger partial charge in [-0.15, -0.1) is 22.7 Å². The van der Waals surface area contributed by atoms with E-state index in [1.165, 1.54) is 52.5 Å². The third kappa shape index (κ3) is 2.92. The predicted octanol–water partition coefficient (Wildman–Crippen LogP) is 8.49. The average Bonchev–Trinajstić information content (AvgIpc) is 3.58. The first-order valence-corrected chi connectivity index (χ1v) is 13.2. The first-order valence-electron chi connectivity index (χ1n) is 11.6. The Bertz CT molecular complexity index is 1940. The molecule has 0 N–H and O–H groups in total. The summed E-state index contributed by atoms with van der Waals surface area (Å²) < 4.78 is 2.58. The SMILES string of the molecule is c1cnc(-c2cc3ccc4c5ccc6c(ccc7cc(-c8cnccn8)sc76)c5ccc4c3s2)cn1. The fourth-order valence-corrected chi connectivity index (χ4v) is 7.43. The molecule has 0 atom stereocenters. The van der Waals surface area contributed by atoms with Crippen molar-refractivity contribution in [1.82, 2.24) is 19.9 Å². The van der Waals surface area contributed by atoms with Crippen LogP contribution in [0.3, 0.4) is 0 Å². The normalized spacial score (nSPS) is 11.9. The van der Waals surface area contributed by atoms with E-state index in [0.29, 0.717) is 0 Å². The van der Waals surface area contributed by atoms with Crippen LogP contribution < -0.4 is 0 Å². The number of fused-ring (bicyclic) bond motifs is 9. The van der Waals surface area contributed by atoms with Gasteiger partial charge in [0, 0.05) is 45.0 Å². The zero-order valence-electron chi connectivity index (χ0n) is 18.8. The molecule has 0 bridgehead atoms. The molecule has 6 heteroatoms. The van der Waals surface area contributed by atoms with Gasteiger partial charge in [-0.2, -0.15) is 0 Å². The average molecular weight is 497 g/mol. The molecule has 0 unspecified atom stereocenters. The summed E-state index contributed by atoms with van der Waals surface area (Å²) >= 11 is 3.57. The van der Waals surface area contributed by atoms with Crippen LogP contribution in [0.4, 0.5) is 0 Å². The summed E-state index contributed by atoms with van der Waals surface area (Å²) in [6.07, 6.45) is 10.6. The lowest BCUT2D eigenvalue weighted by molar-refractivity contribution is 1.21. The number of hydrogen-bond acceptors (Lipinski definition) is 6. The van der Waals surface area contributed by atoms with Crippen molar-refractivity contribution in [1.29, 1.82) is 0 Å². The first kappa shape index (κ1) is 20.0. The van der Waals surface area contributed by atoms with Gasteiger partial charge >= 0.3 is 0 Å². The van der Waals surface area contributed by atoms with Crippen molar-refractivity contribution in [2.45, 2.75) is 0 Å². The van der Waals surface area contributed by atoms with Gasteiger partial charge in [-0.25, -0.2) is 0 Å². The third-order valence-corrected chi connectivity index (χ3v) is 9.20. The minimum absolute atomic E-state index is 0.916. The molecule has 4 aromatic heterocycles. The topological polar surface area (TPSA) is 51.6 Å². The highest BCUT2D eigenvalue weighted by Crippen LogP contribution is 2.42. The summed E-state index contributed by atoms with van der Waals surface area (Å²) in [6.45, 7) is 0. The number of rotatable bonds is 2. The zero-order valence-corrected chi connectivity index (χ0v) is 20.5. The molecule has 0 aliphatic rings. The van der Waals surface area contributed by atoms with Crippen LogP contribution in [-0.2, 0) is 0 Å². The van der Waals surface area contributed by atoms with Gasteiger partial charge in [0.05, 0.1) is 33.5 Å². The summed E-state index contributed by atoms with van der Waals surface area (Å²) in [7, 11) is 0. The van der Waals surface area contributed by atoms with Crippen molar-refractivity contribution in [2.24, 2.45) is 0 Å². The minimum atomic E-state index is 0.916. The number of hydrogen-bond donors (Lipinski definition) is 0. The second-order valence-corrected chi connectivity index (χ2v) is 10.9. The Morgan fingerprint density at radius 2 is 0.861 bits per heavy atom. The molecule has 168 valence electrons. The van der Waals surface area contributed by atoms with Gasteiger partial charge < -0.3 is 0 Å². The van der Waals surface area contributed by atoms with Gasteiger partial charge in [0.1, 0.15) is 0 Å². The van der Waals surface area contributed by atoms with Crippen molar-refractivity contribution >= 4 is 75.2 Å². The number of thiophene rings is 2. The molecular formula is C30H16N4S2. The van der Waals surface area contributed by atoms with Crippen molar-refractivity contribution in [3.05, 3.63) is 97.8 Å². The lowest BCUT2D eigenvalue weighted by atomic mass is 9.96. The Balaban J connectivity index is 1.36. The maximum atomic E-state index is 4.50. The van der Waals surface area contributed by atoms with Crippen molar-refractivity contribution in [3.63, 3.8) is 0 Å². The summed E-state index contributed by atoms with van der Waals surface area (Å²) in [5.74, 6) is 0. The Morgan fingerprint density at radius 1 is 0.444 bits per heavy atom.